The number of carbonyl (C=O) groups excluding carboxylic acids is 1. The first-order chi connectivity index (χ1) is 8.43. The molecule has 0 radical (unpaired) electrons. The second-order valence-corrected chi connectivity index (χ2v) is 4.31. The molecule has 1 aromatic heterocycles. The van der Waals surface area contributed by atoms with Crippen molar-refractivity contribution in [1.82, 2.24) is 10.3 Å². The van der Waals surface area contributed by atoms with Crippen LogP contribution in [0.2, 0.25) is 0 Å². The fourth-order valence-electron chi connectivity index (χ4n) is 1.36. The van der Waals surface area contributed by atoms with Gasteiger partial charge in [-0.1, -0.05) is 0 Å². The molecular formula is C12H17N5O. The summed E-state index contributed by atoms with van der Waals surface area (Å²) in [5.41, 5.74) is 6.27. The Hall–Kier alpha value is -2.29. The summed E-state index contributed by atoms with van der Waals surface area (Å²) in [5, 5.41) is 14.6. The number of hydrogen-bond acceptors (Lipinski definition) is 5. The molecule has 0 bridgehead atoms. The molecule has 0 aromatic carbocycles. The van der Waals surface area contributed by atoms with Crippen LogP contribution < -0.4 is 16.4 Å². The highest BCUT2D eigenvalue weighted by molar-refractivity contribution is 5.84. The van der Waals surface area contributed by atoms with Crippen LogP contribution in [0.4, 0.5) is 11.5 Å². The zero-order valence-electron chi connectivity index (χ0n) is 10.7. The summed E-state index contributed by atoms with van der Waals surface area (Å²) in [6.07, 6.45) is 1.44. The van der Waals surface area contributed by atoms with E-state index >= 15 is 0 Å². The quantitative estimate of drug-likeness (QED) is 0.732. The van der Waals surface area contributed by atoms with Gasteiger partial charge < -0.3 is 16.4 Å². The molecule has 0 aliphatic heterocycles. The molecule has 0 spiro atoms. The van der Waals surface area contributed by atoms with Crippen LogP contribution in [-0.2, 0) is 4.79 Å². The molecular weight excluding hydrogens is 230 g/mol. The van der Waals surface area contributed by atoms with Gasteiger partial charge in [-0.3, -0.25) is 4.79 Å². The van der Waals surface area contributed by atoms with E-state index in [-0.39, 0.29) is 11.9 Å². The van der Waals surface area contributed by atoms with Crippen LogP contribution in [0.1, 0.15) is 26.3 Å². The lowest BCUT2D eigenvalue weighted by Gasteiger charge is -2.17. The van der Waals surface area contributed by atoms with E-state index < -0.39 is 6.04 Å². The number of pyridine rings is 1. The molecule has 1 unspecified atom stereocenters. The summed E-state index contributed by atoms with van der Waals surface area (Å²) in [6, 6.07) is 3.09. The maximum Gasteiger partial charge on any atom is 0.242 e. The van der Waals surface area contributed by atoms with Crippen molar-refractivity contribution >= 4 is 17.4 Å². The summed E-state index contributed by atoms with van der Waals surface area (Å²) < 4.78 is 0. The number of aromatic nitrogens is 1. The van der Waals surface area contributed by atoms with Crippen molar-refractivity contribution in [3.05, 3.63) is 17.8 Å². The van der Waals surface area contributed by atoms with Crippen molar-refractivity contribution in [3.8, 4) is 6.07 Å². The molecule has 1 amide bonds. The normalized spacial score (nSPS) is 11.7. The predicted molar refractivity (Wildman–Crippen MR) is 69.7 cm³/mol. The summed E-state index contributed by atoms with van der Waals surface area (Å²) in [7, 11) is 0. The number of nitrogens with two attached hydrogens (primary N) is 1. The predicted octanol–water partition coefficient (Wildman–Crippen LogP) is 0.860. The fraction of sp³-hybridized carbons (Fsp3) is 0.417. The molecule has 1 atom stereocenters. The van der Waals surface area contributed by atoms with E-state index in [1.807, 2.05) is 19.9 Å². The minimum absolute atomic E-state index is 0.0663. The molecule has 0 saturated carbocycles. The van der Waals surface area contributed by atoms with E-state index in [4.69, 9.17) is 11.0 Å². The minimum atomic E-state index is -0.476. The zero-order chi connectivity index (χ0) is 13.7. The Morgan fingerprint density at radius 2 is 2.17 bits per heavy atom. The molecule has 1 aromatic rings. The second kappa shape index (κ2) is 5.87. The van der Waals surface area contributed by atoms with Gasteiger partial charge in [-0.05, 0) is 26.8 Å². The highest BCUT2D eigenvalue weighted by Crippen LogP contribution is 2.15. The molecule has 0 saturated heterocycles. The van der Waals surface area contributed by atoms with Crippen LogP contribution in [0, 0.1) is 11.3 Å². The van der Waals surface area contributed by atoms with Crippen LogP contribution in [0.15, 0.2) is 12.3 Å². The van der Waals surface area contributed by atoms with Crippen molar-refractivity contribution in [2.75, 3.05) is 11.1 Å². The minimum Gasteiger partial charge on any atom is -0.397 e. The van der Waals surface area contributed by atoms with Gasteiger partial charge in [0.15, 0.2) is 0 Å². The van der Waals surface area contributed by atoms with Gasteiger partial charge in [0.2, 0.25) is 5.91 Å². The largest absolute Gasteiger partial charge is 0.397 e. The monoisotopic (exact) mass is 247 g/mol. The number of rotatable bonds is 4. The number of anilines is 2. The standard InChI is InChI=1S/C12H17N5O/c1-7(2)16-12(18)8(3)17-11-9(5-13)4-10(14)6-15-11/h4,6-8H,14H2,1-3H3,(H,15,17)(H,16,18). The smallest absolute Gasteiger partial charge is 0.242 e. The first-order valence-corrected chi connectivity index (χ1v) is 5.66. The maximum absolute atomic E-state index is 11.7. The summed E-state index contributed by atoms with van der Waals surface area (Å²) in [6.45, 7) is 5.47. The van der Waals surface area contributed by atoms with Gasteiger partial charge in [-0.15, -0.1) is 0 Å². The first-order valence-electron chi connectivity index (χ1n) is 5.66. The number of nitrogens with one attached hydrogen (secondary N) is 2. The molecule has 1 heterocycles. The van der Waals surface area contributed by atoms with E-state index in [1.54, 1.807) is 6.92 Å². The van der Waals surface area contributed by atoms with E-state index in [0.29, 0.717) is 17.1 Å². The highest BCUT2D eigenvalue weighted by atomic mass is 16.2. The maximum atomic E-state index is 11.7. The molecule has 6 heteroatoms. The third-order valence-corrected chi connectivity index (χ3v) is 2.21. The Kier molecular flexibility index (Phi) is 4.49. The lowest BCUT2D eigenvalue weighted by atomic mass is 10.2. The number of hydrogen-bond donors (Lipinski definition) is 3. The number of carbonyl (C=O) groups is 1. The first kappa shape index (κ1) is 13.8. The highest BCUT2D eigenvalue weighted by Gasteiger charge is 2.15. The Morgan fingerprint density at radius 1 is 1.50 bits per heavy atom. The van der Waals surface area contributed by atoms with Crippen LogP contribution in [0.25, 0.3) is 0 Å². The fourth-order valence-corrected chi connectivity index (χ4v) is 1.36. The third kappa shape index (κ3) is 3.63. The van der Waals surface area contributed by atoms with Crippen molar-refractivity contribution < 1.29 is 4.79 Å². The number of amides is 1. The molecule has 0 aliphatic rings. The summed E-state index contributed by atoms with van der Waals surface area (Å²) in [5.74, 6) is 0.214. The van der Waals surface area contributed by atoms with Gasteiger partial charge in [0.25, 0.3) is 0 Å². The van der Waals surface area contributed by atoms with E-state index in [2.05, 4.69) is 15.6 Å². The molecule has 18 heavy (non-hydrogen) atoms. The second-order valence-electron chi connectivity index (χ2n) is 4.31. The van der Waals surface area contributed by atoms with E-state index in [1.165, 1.54) is 12.3 Å². The van der Waals surface area contributed by atoms with Crippen LogP contribution in [-0.4, -0.2) is 23.0 Å². The Balaban J connectivity index is 2.79. The average molecular weight is 247 g/mol. The van der Waals surface area contributed by atoms with Gasteiger partial charge in [-0.2, -0.15) is 5.26 Å². The van der Waals surface area contributed by atoms with Crippen molar-refractivity contribution in [2.45, 2.75) is 32.9 Å². The van der Waals surface area contributed by atoms with E-state index in [0.717, 1.165) is 0 Å². The third-order valence-electron chi connectivity index (χ3n) is 2.21. The van der Waals surface area contributed by atoms with E-state index in [9.17, 15) is 4.79 Å². The van der Waals surface area contributed by atoms with Gasteiger partial charge >= 0.3 is 0 Å². The Labute approximate surface area is 106 Å². The van der Waals surface area contributed by atoms with Crippen molar-refractivity contribution in [1.29, 1.82) is 5.26 Å². The lowest BCUT2D eigenvalue weighted by molar-refractivity contribution is -0.122. The number of nitrogen functional groups attached to an aromatic ring is 1. The molecule has 0 aliphatic carbocycles. The molecule has 96 valence electrons. The summed E-state index contributed by atoms with van der Waals surface area (Å²) in [4.78, 5) is 15.7. The SMILES string of the molecule is CC(C)NC(=O)C(C)Nc1ncc(N)cc1C#N. The number of nitriles is 1. The molecule has 4 N–H and O–H groups in total. The molecule has 0 fully saturated rings. The van der Waals surface area contributed by atoms with Gasteiger partial charge in [0, 0.05) is 6.04 Å². The van der Waals surface area contributed by atoms with Crippen molar-refractivity contribution in [2.24, 2.45) is 0 Å². The number of nitrogens with zero attached hydrogens (tertiary/aromatic N) is 2. The lowest BCUT2D eigenvalue weighted by Crippen LogP contribution is -2.41. The zero-order valence-corrected chi connectivity index (χ0v) is 10.7. The topological polar surface area (TPSA) is 104 Å². The Morgan fingerprint density at radius 3 is 2.72 bits per heavy atom. The molecule has 1 rings (SSSR count). The van der Waals surface area contributed by atoms with Gasteiger partial charge in [-0.25, -0.2) is 4.98 Å². The summed E-state index contributed by atoms with van der Waals surface area (Å²) >= 11 is 0. The van der Waals surface area contributed by atoms with Crippen LogP contribution >= 0.6 is 0 Å². The van der Waals surface area contributed by atoms with Crippen LogP contribution in [0.3, 0.4) is 0 Å². The van der Waals surface area contributed by atoms with Gasteiger partial charge in [0.1, 0.15) is 17.9 Å². The Bertz CT molecular complexity index is 478. The van der Waals surface area contributed by atoms with Gasteiger partial charge in [0.05, 0.1) is 17.4 Å². The van der Waals surface area contributed by atoms with Crippen molar-refractivity contribution in [3.63, 3.8) is 0 Å². The molecule has 6 nitrogen and oxygen atoms in total. The average Bonchev–Trinajstić information content (AvgIpc) is 2.30. The van der Waals surface area contributed by atoms with Crippen LogP contribution in [0.5, 0.6) is 0 Å².